The Balaban J connectivity index is 1.78. The zero-order valence-corrected chi connectivity index (χ0v) is 15.0. The molecule has 0 radical (unpaired) electrons. The summed E-state index contributed by atoms with van der Waals surface area (Å²) in [4.78, 5) is 30.8. The first-order chi connectivity index (χ1) is 13.1. The van der Waals surface area contributed by atoms with E-state index in [0.717, 1.165) is 5.69 Å². The van der Waals surface area contributed by atoms with Crippen molar-refractivity contribution in [3.8, 4) is 5.75 Å². The molecule has 0 bridgehead atoms. The summed E-state index contributed by atoms with van der Waals surface area (Å²) in [6.07, 6.45) is 1.45. The number of para-hydroxylation sites is 1. The quantitative estimate of drug-likeness (QED) is 0.753. The molecule has 3 rings (SSSR count). The van der Waals surface area contributed by atoms with Crippen LogP contribution in [0.25, 0.3) is 0 Å². The summed E-state index contributed by atoms with van der Waals surface area (Å²) in [5.41, 5.74) is 1.89. The van der Waals surface area contributed by atoms with Gasteiger partial charge in [-0.2, -0.15) is 0 Å². The van der Waals surface area contributed by atoms with Gasteiger partial charge in [-0.15, -0.1) is 0 Å². The Morgan fingerprint density at radius 1 is 1.00 bits per heavy atom. The number of pyridine rings is 1. The fraction of sp³-hybridized carbons (Fsp3) is 0.0952. The summed E-state index contributed by atoms with van der Waals surface area (Å²) in [5.74, 6) is 0.00784. The number of carbonyl (C=O) groups excluding carboxylic acids is 2. The first kappa shape index (κ1) is 18.1. The van der Waals surface area contributed by atoms with Gasteiger partial charge in [0.1, 0.15) is 11.4 Å². The summed E-state index contributed by atoms with van der Waals surface area (Å²) >= 11 is 0. The van der Waals surface area contributed by atoms with Crippen molar-refractivity contribution in [1.82, 2.24) is 4.98 Å². The van der Waals surface area contributed by atoms with Crippen molar-refractivity contribution in [1.29, 1.82) is 0 Å². The zero-order chi connectivity index (χ0) is 19.2. The first-order valence-electron chi connectivity index (χ1n) is 8.33. The third-order valence-corrected chi connectivity index (χ3v) is 4.02. The molecule has 6 heteroatoms. The molecule has 2 amide bonds. The Bertz CT molecular complexity index is 958. The minimum Gasteiger partial charge on any atom is -0.497 e. The summed E-state index contributed by atoms with van der Waals surface area (Å²) < 4.78 is 5.14. The second-order valence-electron chi connectivity index (χ2n) is 5.82. The van der Waals surface area contributed by atoms with Crippen LogP contribution in [-0.4, -0.2) is 31.0 Å². The average Bonchev–Trinajstić information content (AvgIpc) is 2.73. The van der Waals surface area contributed by atoms with E-state index in [1.54, 1.807) is 44.5 Å². The second-order valence-corrected chi connectivity index (χ2v) is 5.82. The highest BCUT2D eigenvalue weighted by Gasteiger charge is 2.16. The molecule has 1 N–H and O–H groups in total. The number of carbonyl (C=O) groups is 2. The van der Waals surface area contributed by atoms with Crippen LogP contribution in [0.2, 0.25) is 0 Å². The lowest BCUT2D eigenvalue weighted by Gasteiger charge is -2.17. The molecule has 0 aliphatic heterocycles. The highest BCUT2D eigenvalue weighted by molar-refractivity contribution is 6.08. The number of amides is 2. The van der Waals surface area contributed by atoms with Crippen LogP contribution in [0.5, 0.6) is 5.75 Å². The molecule has 3 aromatic rings. The van der Waals surface area contributed by atoms with Crippen LogP contribution in [0.1, 0.15) is 20.8 Å². The summed E-state index contributed by atoms with van der Waals surface area (Å²) in [7, 11) is 3.24. The van der Waals surface area contributed by atoms with E-state index in [4.69, 9.17) is 4.74 Å². The lowest BCUT2D eigenvalue weighted by Crippen LogP contribution is -2.26. The number of nitrogens with zero attached hydrogens (tertiary/aromatic N) is 2. The molecule has 0 atom stereocenters. The lowest BCUT2D eigenvalue weighted by atomic mass is 10.2. The number of benzene rings is 2. The molecule has 27 heavy (non-hydrogen) atoms. The summed E-state index contributed by atoms with van der Waals surface area (Å²) in [5, 5.41) is 2.75. The predicted molar refractivity (Wildman–Crippen MR) is 104 cm³/mol. The maximum Gasteiger partial charge on any atom is 0.274 e. The molecule has 0 saturated heterocycles. The van der Waals surface area contributed by atoms with Crippen molar-refractivity contribution in [2.45, 2.75) is 0 Å². The van der Waals surface area contributed by atoms with E-state index in [2.05, 4.69) is 10.3 Å². The van der Waals surface area contributed by atoms with E-state index in [9.17, 15) is 9.59 Å². The molecule has 0 spiro atoms. The minimum atomic E-state index is -0.403. The van der Waals surface area contributed by atoms with Crippen LogP contribution in [0.4, 0.5) is 11.4 Å². The van der Waals surface area contributed by atoms with Crippen molar-refractivity contribution in [3.63, 3.8) is 0 Å². The molecule has 1 heterocycles. The number of aromatic nitrogens is 1. The van der Waals surface area contributed by atoms with Gasteiger partial charge in [-0.25, -0.2) is 0 Å². The highest BCUT2D eigenvalue weighted by Crippen LogP contribution is 2.18. The molecule has 0 fully saturated rings. The molecule has 0 unspecified atom stereocenters. The van der Waals surface area contributed by atoms with Gasteiger partial charge in [0, 0.05) is 36.2 Å². The molecule has 1 aromatic heterocycles. The SMILES string of the molecule is COc1cccc(NC(=O)c2cc(C(=O)N(C)c3ccccc3)ccn2)c1. The van der Waals surface area contributed by atoms with Crippen LogP contribution in [0.15, 0.2) is 72.9 Å². The number of ether oxygens (including phenoxy) is 1. The summed E-state index contributed by atoms with van der Waals surface area (Å²) in [6, 6.07) is 19.4. The van der Waals surface area contributed by atoms with E-state index in [0.29, 0.717) is 17.0 Å². The Morgan fingerprint density at radius 2 is 1.78 bits per heavy atom. The van der Waals surface area contributed by atoms with Gasteiger partial charge in [0.25, 0.3) is 11.8 Å². The van der Waals surface area contributed by atoms with E-state index in [1.807, 2.05) is 30.3 Å². The van der Waals surface area contributed by atoms with Gasteiger partial charge in [0.2, 0.25) is 0 Å². The molecule has 0 aliphatic carbocycles. The van der Waals surface area contributed by atoms with Gasteiger partial charge in [-0.1, -0.05) is 24.3 Å². The Morgan fingerprint density at radius 3 is 2.52 bits per heavy atom. The number of methoxy groups -OCH3 is 1. The molecule has 0 aliphatic rings. The van der Waals surface area contributed by atoms with Crippen LogP contribution in [0.3, 0.4) is 0 Å². The van der Waals surface area contributed by atoms with Gasteiger partial charge in [0.05, 0.1) is 7.11 Å². The largest absolute Gasteiger partial charge is 0.497 e. The van der Waals surface area contributed by atoms with Crippen molar-refractivity contribution < 1.29 is 14.3 Å². The van der Waals surface area contributed by atoms with Gasteiger partial charge in [-0.3, -0.25) is 14.6 Å². The smallest absolute Gasteiger partial charge is 0.274 e. The van der Waals surface area contributed by atoms with E-state index in [-0.39, 0.29) is 11.6 Å². The van der Waals surface area contributed by atoms with E-state index >= 15 is 0 Å². The Labute approximate surface area is 157 Å². The van der Waals surface area contributed by atoms with Gasteiger partial charge in [-0.05, 0) is 36.4 Å². The van der Waals surface area contributed by atoms with E-state index < -0.39 is 5.91 Å². The molecule has 136 valence electrons. The van der Waals surface area contributed by atoms with Gasteiger partial charge >= 0.3 is 0 Å². The number of hydrogen-bond acceptors (Lipinski definition) is 4. The van der Waals surface area contributed by atoms with Crippen LogP contribution < -0.4 is 15.0 Å². The van der Waals surface area contributed by atoms with Crippen molar-refractivity contribution in [3.05, 3.63) is 84.2 Å². The maximum absolute atomic E-state index is 12.7. The van der Waals surface area contributed by atoms with Gasteiger partial charge in [0.15, 0.2) is 0 Å². The average molecular weight is 361 g/mol. The first-order valence-corrected chi connectivity index (χ1v) is 8.33. The number of anilines is 2. The Hall–Kier alpha value is -3.67. The predicted octanol–water partition coefficient (Wildman–Crippen LogP) is 3.62. The summed E-state index contributed by atoms with van der Waals surface area (Å²) in [6.45, 7) is 0. The van der Waals surface area contributed by atoms with E-state index in [1.165, 1.54) is 17.2 Å². The minimum absolute atomic E-state index is 0.158. The second kappa shape index (κ2) is 8.14. The van der Waals surface area contributed by atoms with Crippen molar-refractivity contribution >= 4 is 23.2 Å². The number of nitrogens with one attached hydrogen (secondary N) is 1. The zero-order valence-electron chi connectivity index (χ0n) is 15.0. The van der Waals surface area contributed by atoms with Crippen LogP contribution in [0, 0.1) is 0 Å². The molecular formula is C21H19N3O3. The van der Waals surface area contributed by atoms with Crippen LogP contribution in [-0.2, 0) is 0 Å². The number of rotatable bonds is 5. The fourth-order valence-electron chi connectivity index (χ4n) is 2.55. The number of hydrogen-bond donors (Lipinski definition) is 1. The normalized spacial score (nSPS) is 10.1. The molecule has 6 nitrogen and oxygen atoms in total. The topological polar surface area (TPSA) is 71.5 Å². The standard InChI is InChI=1S/C21H19N3O3/c1-24(17-8-4-3-5-9-17)21(26)15-11-12-22-19(13-15)20(25)23-16-7-6-10-18(14-16)27-2/h3-14H,1-2H3,(H,23,25). The highest BCUT2D eigenvalue weighted by atomic mass is 16.5. The lowest BCUT2D eigenvalue weighted by molar-refractivity contribution is 0.0993. The van der Waals surface area contributed by atoms with Crippen molar-refractivity contribution in [2.24, 2.45) is 0 Å². The third-order valence-electron chi connectivity index (χ3n) is 4.02. The van der Waals surface area contributed by atoms with Gasteiger partial charge < -0.3 is 15.0 Å². The monoisotopic (exact) mass is 361 g/mol. The Kier molecular flexibility index (Phi) is 5.47. The molecular weight excluding hydrogens is 342 g/mol. The molecule has 0 saturated carbocycles. The fourth-order valence-corrected chi connectivity index (χ4v) is 2.55. The molecule has 2 aromatic carbocycles. The van der Waals surface area contributed by atoms with Crippen molar-refractivity contribution in [2.75, 3.05) is 24.4 Å². The third kappa shape index (κ3) is 4.30. The van der Waals surface area contributed by atoms with Crippen LogP contribution >= 0.6 is 0 Å². The maximum atomic E-state index is 12.7.